The fraction of sp³-hybridized carbons (Fsp3) is 0.647. The quantitative estimate of drug-likeness (QED) is 0.0122. The number of aromatic nitrogens is 2. The lowest BCUT2D eigenvalue weighted by Crippen LogP contribution is -2.58. The standard InChI is InChI=1S/C68H97FN8O25/c1-6-68(88)49-37-53-61-47(40-76(53)66(86)48(49)41-102-67(68)87)60-51(8-7-46-43(2)50(69)38-52(74-61)59(46)60)75-65(85)55(78)11-13-101-42-71-62(82)44(3)72-63(83)45(4)73-64(84)54(77-57(80)9-10-58(77)81)39-70-56(79)12-14-90-17-18-92-21-22-94-25-26-96-29-30-98-33-34-100-36-35-99-32-31-97-28-27-95-24-23-93-20-19-91-16-15-89-5/h9-10,37-38,44-45,51,54-55,78,88H,6-8,11-36,39-42H2,1-5H3,(H,70,79)(H,71,82)(H,72,83)(H,73,84)(H,75,85)/t44-,45-,51-,54?,55+,68-/m0/s1. The first-order chi connectivity index (χ1) is 49.3. The number of cyclic esters (lactones) is 1. The van der Waals surface area contributed by atoms with Crippen LogP contribution in [0, 0.1) is 12.7 Å². The van der Waals surface area contributed by atoms with Gasteiger partial charge >= 0.3 is 5.97 Å². The van der Waals surface area contributed by atoms with Crippen LogP contribution in [0.25, 0.3) is 22.3 Å². The highest BCUT2D eigenvalue weighted by molar-refractivity contribution is 6.15. The number of hydrogen-bond acceptors (Lipinski definition) is 26. The first-order valence-corrected chi connectivity index (χ1v) is 34.2. The van der Waals surface area contributed by atoms with Crippen molar-refractivity contribution in [3.05, 3.63) is 73.8 Å². The monoisotopic (exact) mass is 1440 g/mol. The van der Waals surface area contributed by atoms with E-state index in [0.717, 1.165) is 12.2 Å². The lowest BCUT2D eigenvalue weighted by Gasteiger charge is -2.31. The third-order valence-electron chi connectivity index (χ3n) is 17.0. The molecule has 0 radical (unpaired) electrons. The van der Waals surface area contributed by atoms with Crippen molar-refractivity contribution in [2.24, 2.45) is 0 Å². The van der Waals surface area contributed by atoms with E-state index in [0.29, 0.717) is 189 Å². The molecule has 0 fully saturated rings. The largest absolute Gasteiger partial charge is 0.458 e. The predicted molar refractivity (Wildman–Crippen MR) is 357 cm³/mol. The van der Waals surface area contributed by atoms with E-state index in [-0.39, 0.29) is 75.5 Å². The summed E-state index contributed by atoms with van der Waals surface area (Å²) >= 11 is 0. The van der Waals surface area contributed by atoms with Crippen LogP contribution in [-0.4, -0.2) is 275 Å². The molecule has 6 atom stereocenters. The second-order valence-corrected chi connectivity index (χ2v) is 23.9. The number of methoxy groups -OCH3 is 1. The Hall–Kier alpha value is -7.39. The van der Waals surface area contributed by atoms with Gasteiger partial charge in [0.15, 0.2) is 5.60 Å². The van der Waals surface area contributed by atoms with E-state index in [1.165, 1.54) is 24.5 Å². The van der Waals surface area contributed by atoms with Gasteiger partial charge in [-0.25, -0.2) is 14.2 Å². The zero-order valence-corrected chi connectivity index (χ0v) is 58.5. The molecule has 1 unspecified atom stereocenters. The van der Waals surface area contributed by atoms with E-state index in [2.05, 4.69) is 26.6 Å². The van der Waals surface area contributed by atoms with Gasteiger partial charge in [-0.15, -0.1) is 0 Å². The van der Waals surface area contributed by atoms with Crippen molar-refractivity contribution >= 4 is 58.2 Å². The van der Waals surface area contributed by atoms with Gasteiger partial charge in [-0.2, -0.15) is 0 Å². The van der Waals surface area contributed by atoms with Gasteiger partial charge in [0.25, 0.3) is 17.4 Å². The van der Waals surface area contributed by atoms with Gasteiger partial charge in [-0.05, 0) is 62.8 Å². The summed E-state index contributed by atoms with van der Waals surface area (Å²) in [6, 6.07) is -1.94. The van der Waals surface area contributed by atoms with Crippen molar-refractivity contribution in [1.29, 1.82) is 0 Å². The molecular weight excluding hydrogens is 1350 g/mol. The number of esters is 1. The fourth-order valence-corrected chi connectivity index (χ4v) is 11.3. The van der Waals surface area contributed by atoms with E-state index < -0.39 is 108 Å². The van der Waals surface area contributed by atoms with Crippen molar-refractivity contribution in [1.82, 2.24) is 41.0 Å². The Morgan fingerprint density at radius 2 is 1.15 bits per heavy atom. The van der Waals surface area contributed by atoms with Gasteiger partial charge in [0.1, 0.15) is 43.4 Å². The smallest absolute Gasteiger partial charge is 0.343 e. The molecule has 1 aromatic carbocycles. The molecule has 0 bridgehead atoms. The maximum absolute atomic E-state index is 15.4. The van der Waals surface area contributed by atoms with E-state index in [1.807, 2.05) is 0 Å². The molecule has 5 heterocycles. The Morgan fingerprint density at radius 1 is 0.647 bits per heavy atom. The number of ether oxygens (including phenoxy) is 14. The van der Waals surface area contributed by atoms with Crippen molar-refractivity contribution < 1.29 is 119 Å². The van der Waals surface area contributed by atoms with Crippen LogP contribution >= 0.6 is 0 Å². The summed E-state index contributed by atoms with van der Waals surface area (Å²) in [7, 11) is 1.63. The molecule has 7 rings (SSSR count). The van der Waals surface area contributed by atoms with Crippen LogP contribution in [0.4, 0.5) is 4.39 Å². The van der Waals surface area contributed by atoms with Gasteiger partial charge in [0.05, 0.1) is 194 Å². The number of nitrogens with one attached hydrogen (secondary N) is 5. The average molecular weight is 1450 g/mol. The number of amides is 7. The minimum Gasteiger partial charge on any atom is -0.458 e. The summed E-state index contributed by atoms with van der Waals surface area (Å²) in [5, 5.41) is 35.8. The molecule has 4 aliphatic rings. The predicted octanol–water partition coefficient (Wildman–Crippen LogP) is -0.890. The number of benzene rings is 1. The van der Waals surface area contributed by atoms with E-state index in [4.69, 9.17) is 71.3 Å². The molecular formula is C68H97FN8O25. The maximum Gasteiger partial charge on any atom is 0.343 e. The van der Waals surface area contributed by atoms with Gasteiger partial charge in [0.2, 0.25) is 29.5 Å². The number of carbonyl (C=O) groups excluding carboxylic acids is 8. The van der Waals surface area contributed by atoms with Crippen LogP contribution in [0.1, 0.15) is 85.9 Å². The molecule has 3 aliphatic heterocycles. The van der Waals surface area contributed by atoms with Gasteiger partial charge in [-0.3, -0.25) is 43.3 Å². The molecule has 566 valence electrons. The third kappa shape index (κ3) is 23.8. The lowest BCUT2D eigenvalue weighted by molar-refractivity contribution is -0.172. The van der Waals surface area contributed by atoms with Crippen LogP contribution in [0.15, 0.2) is 29.1 Å². The van der Waals surface area contributed by atoms with Crippen molar-refractivity contribution in [3.63, 3.8) is 0 Å². The number of nitrogens with zero attached hydrogens (tertiary/aromatic N) is 3. The molecule has 1 aliphatic carbocycles. The van der Waals surface area contributed by atoms with Crippen LogP contribution < -0.4 is 32.1 Å². The molecule has 7 N–H and O–H groups in total. The summed E-state index contributed by atoms with van der Waals surface area (Å²) in [4.78, 5) is 124. The minimum atomic E-state index is -2.08. The van der Waals surface area contributed by atoms with Gasteiger partial charge in [-0.1, -0.05) is 6.92 Å². The number of aryl methyl sites for hydroxylation is 1. The molecule has 0 saturated heterocycles. The summed E-state index contributed by atoms with van der Waals surface area (Å²) < 4.78 is 92.6. The molecule has 0 spiro atoms. The number of pyridine rings is 2. The Morgan fingerprint density at radius 3 is 1.67 bits per heavy atom. The normalized spacial score (nSPS) is 17.0. The van der Waals surface area contributed by atoms with Crippen LogP contribution in [0.5, 0.6) is 0 Å². The lowest BCUT2D eigenvalue weighted by atomic mass is 9.81. The number of hydrogen-bond donors (Lipinski definition) is 7. The molecule has 7 amide bonds. The second-order valence-electron chi connectivity index (χ2n) is 23.9. The summed E-state index contributed by atoms with van der Waals surface area (Å²) in [5.41, 5.74) is 0.801. The van der Waals surface area contributed by atoms with Crippen molar-refractivity contribution in [2.75, 3.05) is 179 Å². The van der Waals surface area contributed by atoms with Gasteiger partial charge < -0.3 is 108 Å². The summed E-state index contributed by atoms with van der Waals surface area (Å²) in [5.74, 6) is -6.81. The SMILES string of the molecule is CC[C@@]1(O)C(=O)OCc2c1cc1n(c2=O)Cc2c-1nc1cc(F)c(C)c3c1c2[C@@H](NC(=O)[C@H](O)CCOCNC(=O)[C@H](C)NC(=O)[C@H](C)NC(=O)C(CNC(=O)CCOCCOCCOCCOCCOCCOCCOCCOCCOCCOCCOCCOC)N1C(=O)C=CC1=O)CC3. The fourth-order valence-electron chi connectivity index (χ4n) is 11.3. The maximum atomic E-state index is 15.4. The summed E-state index contributed by atoms with van der Waals surface area (Å²) in [6.07, 6.45) is 0.566. The minimum absolute atomic E-state index is 0.0129. The molecule has 34 heteroatoms. The van der Waals surface area contributed by atoms with Gasteiger partial charge in [0, 0.05) is 61.2 Å². The number of carbonyl (C=O) groups is 8. The van der Waals surface area contributed by atoms with Crippen LogP contribution in [0.3, 0.4) is 0 Å². The topological polar surface area (TPSA) is 405 Å². The first-order valence-electron chi connectivity index (χ1n) is 34.2. The number of halogens is 1. The highest BCUT2D eigenvalue weighted by atomic mass is 19.1. The molecule has 33 nitrogen and oxygen atoms in total. The van der Waals surface area contributed by atoms with E-state index in [9.17, 15) is 53.4 Å². The van der Waals surface area contributed by atoms with E-state index >= 15 is 4.39 Å². The number of fused-ring (bicyclic) bond motifs is 5. The van der Waals surface area contributed by atoms with Crippen molar-refractivity contribution in [3.8, 4) is 11.4 Å². The molecule has 0 saturated carbocycles. The number of imide groups is 1. The number of aliphatic hydroxyl groups excluding tert-OH is 1. The van der Waals surface area contributed by atoms with Crippen LogP contribution in [-0.2, 0) is 130 Å². The third-order valence-corrected chi connectivity index (χ3v) is 17.0. The molecule has 102 heavy (non-hydrogen) atoms. The van der Waals surface area contributed by atoms with E-state index in [1.54, 1.807) is 27.0 Å². The highest BCUT2D eigenvalue weighted by Gasteiger charge is 2.46. The van der Waals surface area contributed by atoms with Crippen molar-refractivity contribution in [2.45, 2.75) is 109 Å². The zero-order valence-electron chi connectivity index (χ0n) is 58.5. The Balaban J connectivity index is 0.697. The molecule has 2 aromatic heterocycles. The second kappa shape index (κ2) is 43.0. The Bertz CT molecular complexity index is 3380. The Kier molecular flexibility index (Phi) is 34.5. The Labute approximate surface area is 589 Å². The number of aliphatic hydroxyl groups is 2. The average Bonchev–Trinajstić information content (AvgIpc) is 1.50. The number of rotatable bonds is 52. The highest BCUT2D eigenvalue weighted by Crippen LogP contribution is 2.46. The van der Waals surface area contributed by atoms with Crippen LogP contribution in [0.2, 0.25) is 0 Å². The zero-order chi connectivity index (χ0) is 73.4. The first kappa shape index (κ1) is 81.9. The summed E-state index contributed by atoms with van der Waals surface area (Å²) in [6.45, 7) is 13.7. The molecule has 3 aromatic rings.